The molecule has 1 aliphatic rings. The van der Waals surface area contributed by atoms with E-state index in [0.29, 0.717) is 37.0 Å². The van der Waals surface area contributed by atoms with Crippen LogP contribution in [0.15, 0.2) is 57.9 Å². The Kier molecular flexibility index (Phi) is 24.8. The SMILES string of the molecule is C1CCOC1.CCOP(=O)(OCC)c1ccsc1-c1cccs1.CCOP(=O)(OCC)c1ccsc1I.Cc1cccs1.[Cl][Cu]. The molecule has 0 aromatic carbocycles. The van der Waals surface area contributed by atoms with Gasteiger partial charge in [-0.05, 0) is 116 Å². The van der Waals surface area contributed by atoms with Gasteiger partial charge in [0.1, 0.15) is 0 Å². The Morgan fingerprint density at radius 2 is 1.22 bits per heavy atom. The molecule has 0 atom stereocenters. The third-order valence-electron chi connectivity index (χ3n) is 5.27. The molecule has 0 bridgehead atoms. The third-order valence-corrected chi connectivity index (χ3v) is 15.1. The van der Waals surface area contributed by atoms with Gasteiger partial charge in [0.25, 0.3) is 0 Å². The monoisotopic (exact) mass is 916 g/mol. The van der Waals surface area contributed by atoms with E-state index in [0.717, 1.165) is 25.9 Å². The Morgan fingerprint density at radius 1 is 0.733 bits per heavy atom. The maximum absolute atomic E-state index is 12.8. The summed E-state index contributed by atoms with van der Waals surface area (Å²) in [6, 6.07) is 11.8. The van der Waals surface area contributed by atoms with Gasteiger partial charge in [0.05, 0.1) is 44.8 Å². The fourth-order valence-electron chi connectivity index (χ4n) is 3.50. The summed E-state index contributed by atoms with van der Waals surface area (Å²) in [7, 11) is -2.04. The molecule has 4 aromatic rings. The Morgan fingerprint density at radius 3 is 1.58 bits per heavy atom. The van der Waals surface area contributed by atoms with Gasteiger partial charge in [-0.2, -0.15) is 0 Å². The topological polar surface area (TPSA) is 80.3 Å². The van der Waals surface area contributed by atoms with Crippen molar-refractivity contribution >= 4 is 104 Å². The third kappa shape index (κ3) is 15.8. The second kappa shape index (κ2) is 25.6. The van der Waals surface area contributed by atoms with Crippen LogP contribution in [0.2, 0.25) is 0 Å². The number of hydrogen-bond acceptors (Lipinski definition) is 11. The predicted molar refractivity (Wildman–Crippen MR) is 201 cm³/mol. The molecular formula is C29H41ClCuIO7P2S4. The molecule has 7 nitrogen and oxygen atoms in total. The quantitative estimate of drug-likeness (QED) is 0.0842. The van der Waals surface area contributed by atoms with Gasteiger partial charge in [0.15, 0.2) is 0 Å². The van der Waals surface area contributed by atoms with Crippen LogP contribution in [-0.4, -0.2) is 39.6 Å². The van der Waals surface area contributed by atoms with Crippen molar-refractivity contribution < 1.29 is 47.1 Å². The van der Waals surface area contributed by atoms with Crippen LogP contribution < -0.4 is 10.6 Å². The molecule has 0 spiro atoms. The summed E-state index contributed by atoms with van der Waals surface area (Å²) in [5.41, 5.74) is 0. The molecule has 1 fully saturated rings. The molecule has 1 saturated heterocycles. The van der Waals surface area contributed by atoms with Crippen molar-refractivity contribution in [2.24, 2.45) is 0 Å². The number of ether oxygens (including phenoxy) is 1. The van der Waals surface area contributed by atoms with Gasteiger partial charge in [-0.15, -0.1) is 45.3 Å². The van der Waals surface area contributed by atoms with Gasteiger partial charge in [-0.1, -0.05) is 12.1 Å². The predicted octanol–water partition coefficient (Wildman–Crippen LogP) is 11.2. The second-order valence-electron chi connectivity index (χ2n) is 8.40. The first-order chi connectivity index (χ1) is 21.7. The zero-order valence-corrected chi connectivity index (χ0v) is 34.8. The first-order valence-electron chi connectivity index (χ1n) is 14.1. The molecule has 258 valence electrons. The van der Waals surface area contributed by atoms with Crippen molar-refractivity contribution in [2.45, 2.75) is 47.5 Å². The summed E-state index contributed by atoms with van der Waals surface area (Å²) in [5, 5.41) is 9.27. The molecule has 1 aliphatic heterocycles. The van der Waals surface area contributed by atoms with Gasteiger partial charge in [0.2, 0.25) is 0 Å². The normalized spacial score (nSPS) is 12.5. The van der Waals surface area contributed by atoms with E-state index >= 15 is 0 Å². The fourth-order valence-corrected chi connectivity index (χ4v) is 12.2. The summed E-state index contributed by atoms with van der Waals surface area (Å²) >= 11 is 12.3. The zero-order chi connectivity index (χ0) is 33.6. The van der Waals surface area contributed by atoms with E-state index in [1.807, 2.05) is 62.0 Å². The van der Waals surface area contributed by atoms with E-state index in [9.17, 15) is 9.13 Å². The first kappa shape index (κ1) is 43.6. The van der Waals surface area contributed by atoms with Crippen LogP contribution >= 0.6 is 93.2 Å². The summed E-state index contributed by atoms with van der Waals surface area (Å²) in [6.07, 6.45) is 2.56. The Labute approximate surface area is 310 Å². The van der Waals surface area contributed by atoms with Crippen LogP contribution in [0.25, 0.3) is 9.75 Å². The van der Waals surface area contributed by atoms with Crippen LogP contribution in [0.3, 0.4) is 0 Å². The molecule has 5 heterocycles. The number of hydrogen-bond donors (Lipinski definition) is 0. The second-order valence-corrected chi connectivity index (χ2v) is 18.1. The summed E-state index contributed by atoms with van der Waals surface area (Å²) in [6.45, 7) is 12.9. The van der Waals surface area contributed by atoms with Crippen molar-refractivity contribution in [2.75, 3.05) is 39.6 Å². The number of thiophene rings is 4. The Balaban J connectivity index is 0.000000328. The van der Waals surface area contributed by atoms with Crippen LogP contribution in [0.5, 0.6) is 0 Å². The molecule has 0 saturated carbocycles. The van der Waals surface area contributed by atoms with E-state index in [-0.39, 0.29) is 0 Å². The van der Waals surface area contributed by atoms with E-state index in [1.54, 1.807) is 40.1 Å². The van der Waals surface area contributed by atoms with Crippen LogP contribution in [0.1, 0.15) is 45.4 Å². The molecule has 0 N–H and O–H groups in total. The standard InChI is InChI=1S/C12H15O3PS2.C8H12IO3PS.C5H6S.C4H8O.ClH.Cu/c1-3-14-16(13,15-4-2)10-7-9-18-12(10)11-6-5-8-17-11;1-3-11-13(10,12-4-2)7-5-6-14-8(7)9;1-5-3-2-4-6-5;1-2-4-5-3-1;;/h5-9H,3-4H2,1-2H3;5-6H,3-4H2,1-2H3;2-4H,1H3;1-4H2;1H;/q;;;;;+1/p-1. The minimum absolute atomic E-state index is 0.372. The minimum atomic E-state index is -3.19. The molecule has 45 heavy (non-hydrogen) atoms. The summed E-state index contributed by atoms with van der Waals surface area (Å²) < 4.78 is 52.2. The van der Waals surface area contributed by atoms with Gasteiger partial charge in [0, 0.05) is 23.0 Å². The van der Waals surface area contributed by atoms with E-state index in [1.165, 1.54) is 29.1 Å². The average molecular weight is 918 g/mol. The molecular weight excluding hydrogens is 876 g/mol. The van der Waals surface area contributed by atoms with Crippen LogP contribution in [0, 0.1) is 9.81 Å². The van der Waals surface area contributed by atoms with Gasteiger partial charge < -0.3 is 22.8 Å². The Hall–Kier alpha value is 0.599. The number of halogens is 2. The first-order valence-corrected chi connectivity index (χ1v) is 23.0. The van der Waals surface area contributed by atoms with E-state index in [2.05, 4.69) is 72.2 Å². The van der Waals surface area contributed by atoms with Gasteiger partial charge in [-0.3, -0.25) is 9.13 Å². The number of aryl methyl sites for hydroxylation is 1. The average Bonchev–Trinajstić information content (AvgIpc) is 3.87. The fraction of sp³-hybridized carbons (Fsp3) is 0.448. The van der Waals surface area contributed by atoms with E-state index < -0.39 is 15.2 Å². The van der Waals surface area contributed by atoms with Gasteiger partial charge in [-0.25, -0.2) is 0 Å². The summed E-state index contributed by atoms with van der Waals surface area (Å²) in [5.74, 6) is 0. The number of rotatable bonds is 11. The van der Waals surface area contributed by atoms with E-state index in [4.69, 9.17) is 22.8 Å². The van der Waals surface area contributed by atoms with Crippen LogP contribution in [0.4, 0.5) is 0 Å². The molecule has 4 aromatic heterocycles. The maximum atomic E-state index is 12.8. The van der Waals surface area contributed by atoms with Crippen molar-refractivity contribution in [3.05, 3.63) is 65.7 Å². The van der Waals surface area contributed by atoms with Crippen LogP contribution in [-0.2, 0) is 47.1 Å². The molecule has 0 unspecified atom stereocenters. The molecule has 0 radical (unpaired) electrons. The molecule has 5 rings (SSSR count). The van der Waals surface area contributed by atoms with Crippen molar-refractivity contribution in [3.63, 3.8) is 0 Å². The Bertz CT molecular complexity index is 1340. The molecule has 0 aliphatic carbocycles. The van der Waals surface area contributed by atoms with Crippen molar-refractivity contribution in [3.8, 4) is 9.75 Å². The summed E-state index contributed by atoms with van der Waals surface area (Å²) in [4.78, 5) is 3.46. The van der Waals surface area contributed by atoms with Crippen molar-refractivity contribution in [1.82, 2.24) is 0 Å². The van der Waals surface area contributed by atoms with Crippen molar-refractivity contribution in [1.29, 1.82) is 0 Å². The van der Waals surface area contributed by atoms with Gasteiger partial charge >= 0.3 is 40.4 Å². The molecule has 16 heteroatoms. The molecule has 0 amide bonds. The zero-order valence-electron chi connectivity index (χ0n) is 25.9.